The number of hydrogen-bond acceptors (Lipinski definition) is 3. The number of thiophene rings is 1. The second-order valence-electron chi connectivity index (χ2n) is 4.05. The lowest BCUT2D eigenvalue weighted by Gasteiger charge is -2.01. The summed E-state index contributed by atoms with van der Waals surface area (Å²) in [4.78, 5) is 24.4. The van der Waals surface area contributed by atoms with E-state index in [1.54, 1.807) is 18.2 Å². The van der Waals surface area contributed by atoms with Crippen LogP contribution in [0.15, 0.2) is 41.8 Å². The zero-order valence-electron chi connectivity index (χ0n) is 10.2. The fourth-order valence-electron chi connectivity index (χ4n) is 1.70. The molecule has 0 atom stereocenters. The molecule has 0 unspecified atom stereocenters. The van der Waals surface area contributed by atoms with E-state index in [-0.39, 0.29) is 18.0 Å². The third kappa shape index (κ3) is 2.93. The summed E-state index contributed by atoms with van der Waals surface area (Å²) in [6.45, 7) is 2.07. The van der Waals surface area contributed by atoms with Gasteiger partial charge in [0.25, 0.3) is 0 Å². The third-order valence-electron chi connectivity index (χ3n) is 2.80. The molecule has 0 bridgehead atoms. The van der Waals surface area contributed by atoms with Crippen LogP contribution in [0.3, 0.4) is 0 Å². The summed E-state index contributed by atoms with van der Waals surface area (Å²) < 4.78 is 0. The van der Waals surface area contributed by atoms with Crippen molar-refractivity contribution in [2.45, 2.75) is 19.8 Å². The molecular formula is C15H14O2S. The molecule has 1 heterocycles. The molecule has 3 heteroatoms. The molecule has 2 rings (SSSR count). The maximum absolute atomic E-state index is 11.9. The predicted molar refractivity (Wildman–Crippen MR) is 73.4 cm³/mol. The molecule has 0 aliphatic heterocycles. The number of hydrogen-bond donors (Lipinski definition) is 0. The van der Waals surface area contributed by atoms with Gasteiger partial charge in [-0.1, -0.05) is 37.3 Å². The lowest BCUT2D eigenvalue weighted by atomic mass is 10.0. The minimum atomic E-state index is -0.115. The lowest BCUT2D eigenvalue weighted by Crippen LogP contribution is -2.07. The van der Waals surface area contributed by atoms with Gasteiger partial charge >= 0.3 is 0 Å². The Morgan fingerprint density at radius 1 is 1.06 bits per heavy atom. The van der Waals surface area contributed by atoms with Crippen molar-refractivity contribution >= 4 is 22.9 Å². The molecule has 0 spiro atoms. The van der Waals surface area contributed by atoms with Crippen molar-refractivity contribution in [1.29, 1.82) is 0 Å². The van der Waals surface area contributed by atoms with Crippen LogP contribution < -0.4 is 0 Å². The summed E-state index contributed by atoms with van der Waals surface area (Å²) in [5, 5.41) is 1.84. The molecule has 2 aromatic rings. The summed E-state index contributed by atoms with van der Waals surface area (Å²) >= 11 is 1.37. The van der Waals surface area contributed by atoms with Gasteiger partial charge in [-0.2, -0.15) is 0 Å². The summed E-state index contributed by atoms with van der Waals surface area (Å²) in [6, 6.07) is 11.0. The average Bonchev–Trinajstić information content (AvgIpc) is 2.92. The maximum Gasteiger partial charge on any atom is 0.180 e. The number of ketones is 2. The minimum Gasteiger partial charge on any atom is -0.294 e. The fraction of sp³-hybridized carbons (Fsp3) is 0.200. The van der Waals surface area contributed by atoms with E-state index in [1.165, 1.54) is 16.9 Å². The molecule has 1 aromatic carbocycles. The largest absolute Gasteiger partial charge is 0.294 e. The molecule has 92 valence electrons. The van der Waals surface area contributed by atoms with Crippen molar-refractivity contribution in [3.05, 3.63) is 57.8 Å². The van der Waals surface area contributed by atoms with Crippen LogP contribution in [0, 0.1) is 0 Å². The van der Waals surface area contributed by atoms with Crippen LogP contribution >= 0.6 is 11.3 Å². The number of carbonyl (C=O) groups excluding carboxylic acids is 2. The molecule has 1 aromatic heterocycles. The minimum absolute atomic E-state index is 0.0496. The van der Waals surface area contributed by atoms with E-state index in [9.17, 15) is 9.59 Å². The van der Waals surface area contributed by atoms with E-state index in [4.69, 9.17) is 0 Å². The zero-order valence-corrected chi connectivity index (χ0v) is 11.0. The van der Waals surface area contributed by atoms with Gasteiger partial charge in [-0.05, 0) is 23.4 Å². The van der Waals surface area contributed by atoms with E-state index < -0.39 is 0 Å². The summed E-state index contributed by atoms with van der Waals surface area (Å²) in [6.07, 6.45) is 0.897. The average molecular weight is 258 g/mol. The van der Waals surface area contributed by atoms with Gasteiger partial charge in [0.05, 0.1) is 11.3 Å². The highest BCUT2D eigenvalue weighted by Crippen LogP contribution is 2.14. The molecule has 0 aliphatic rings. The quantitative estimate of drug-likeness (QED) is 0.604. The zero-order chi connectivity index (χ0) is 13.0. The van der Waals surface area contributed by atoms with E-state index in [0.29, 0.717) is 10.4 Å². The van der Waals surface area contributed by atoms with Gasteiger partial charge in [0, 0.05) is 5.56 Å². The number of aryl methyl sites for hydroxylation is 1. The van der Waals surface area contributed by atoms with E-state index >= 15 is 0 Å². The molecule has 0 amide bonds. The molecule has 0 fully saturated rings. The number of Topliss-reactive ketones (excluding diaryl/α,β-unsaturated/α-hetero) is 2. The predicted octanol–water partition coefficient (Wildman–Crippen LogP) is 3.77. The lowest BCUT2D eigenvalue weighted by molar-refractivity contribution is 0.0896. The topological polar surface area (TPSA) is 34.1 Å². The smallest absolute Gasteiger partial charge is 0.180 e. The summed E-state index contributed by atoms with van der Waals surface area (Å²) in [5.74, 6) is -0.217. The van der Waals surface area contributed by atoms with Gasteiger partial charge in [-0.25, -0.2) is 0 Å². The molecule has 18 heavy (non-hydrogen) atoms. The van der Waals surface area contributed by atoms with Crippen LogP contribution in [0.5, 0.6) is 0 Å². The van der Waals surface area contributed by atoms with Crippen LogP contribution in [-0.4, -0.2) is 11.6 Å². The Morgan fingerprint density at radius 2 is 1.78 bits per heavy atom. The number of benzene rings is 1. The Morgan fingerprint density at radius 3 is 2.33 bits per heavy atom. The molecule has 0 radical (unpaired) electrons. The maximum atomic E-state index is 11.9. The van der Waals surface area contributed by atoms with Gasteiger partial charge < -0.3 is 0 Å². The summed E-state index contributed by atoms with van der Waals surface area (Å²) in [7, 11) is 0. The number of rotatable bonds is 5. The van der Waals surface area contributed by atoms with E-state index in [0.717, 1.165) is 6.42 Å². The summed E-state index contributed by atoms with van der Waals surface area (Å²) in [5.41, 5.74) is 1.80. The van der Waals surface area contributed by atoms with Crippen LogP contribution in [-0.2, 0) is 6.42 Å². The Labute approximate surface area is 110 Å². The second kappa shape index (κ2) is 5.74. The van der Waals surface area contributed by atoms with Gasteiger partial charge in [0.15, 0.2) is 11.6 Å². The highest BCUT2D eigenvalue weighted by molar-refractivity contribution is 7.12. The SMILES string of the molecule is CCc1ccc(C(=O)CC(=O)c2cccs2)cc1. The van der Waals surface area contributed by atoms with Crippen molar-refractivity contribution in [1.82, 2.24) is 0 Å². The highest BCUT2D eigenvalue weighted by atomic mass is 32.1. The molecule has 0 saturated carbocycles. The molecule has 0 N–H and O–H groups in total. The first-order valence-corrected chi connectivity index (χ1v) is 6.77. The van der Waals surface area contributed by atoms with Crippen molar-refractivity contribution in [3.8, 4) is 0 Å². The molecule has 0 aliphatic carbocycles. The Kier molecular flexibility index (Phi) is 4.05. The standard InChI is InChI=1S/C15H14O2S/c1-2-11-5-7-12(8-6-11)13(16)10-14(17)15-4-3-9-18-15/h3-9H,2,10H2,1H3. The van der Waals surface area contributed by atoms with Crippen LogP contribution in [0.1, 0.15) is 38.9 Å². The highest BCUT2D eigenvalue weighted by Gasteiger charge is 2.14. The van der Waals surface area contributed by atoms with Crippen molar-refractivity contribution in [2.75, 3.05) is 0 Å². The molecule has 0 saturated heterocycles. The first kappa shape index (κ1) is 12.7. The second-order valence-corrected chi connectivity index (χ2v) is 5.00. The normalized spacial score (nSPS) is 10.3. The monoisotopic (exact) mass is 258 g/mol. The van der Waals surface area contributed by atoms with Gasteiger partial charge in [0.1, 0.15) is 0 Å². The Bertz CT molecular complexity index is 538. The van der Waals surface area contributed by atoms with E-state index in [2.05, 4.69) is 6.92 Å². The Hall–Kier alpha value is -1.74. The van der Waals surface area contributed by atoms with Gasteiger partial charge in [0.2, 0.25) is 0 Å². The van der Waals surface area contributed by atoms with Crippen molar-refractivity contribution in [3.63, 3.8) is 0 Å². The van der Waals surface area contributed by atoms with Gasteiger partial charge in [-0.3, -0.25) is 9.59 Å². The van der Waals surface area contributed by atoms with Gasteiger partial charge in [-0.15, -0.1) is 11.3 Å². The van der Waals surface area contributed by atoms with Crippen LogP contribution in [0.2, 0.25) is 0 Å². The van der Waals surface area contributed by atoms with Crippen molar-refractivity contribution < 1.29 is 9.59 Å². The number of carbonyl (C=O) groups is 2. The molecular weight excluding hydrogens is 244 g/mol. The molecule has 2 nitrogen and oxygen atoms in total. The Balaban J connectivity index is 2.05. The van der Waals surface area contributed by atoms with Crippen LogP contribution in [0.4, 0.5) is 0 Å². The fourth-order valence-corrected chi connectivity index (χ4v) is 2.36. The first-order chi connectivity index (χ1) is 8.70. The third-order valence-corrected chi connectivity index (χ3v) is 3.71. The first-order valence-electron chi connectivity index (χ1n) is 5.89. The van der Waals surface area contributed by atoms with Crippen molar-refractivity contribution in [2.24, 2.45) is 0 Å². The van der Waals surface area contributed by atoms with E-state index in [1.807, 2.05) is 23.6 Å². The van der Waals surface area contributed by atoms with Crippen LogP contribution in [0.25, 0.3) is 0 Å².